The lowest BCUT2D eigenvalue weighted by Gasteiger charge is -2.05. The van der Waals surface area contributed by atoms with E-state index in [0.29, 0.717) is 29.8 Å². The first-order chi connectivity index (χ1) is 13.2. The molecule has 0 unspecified atom stereocenters. The molecule has 0 saturated carbocycles. The zero-order valence-corrected chi connectivity index (χ0v) is 16.2. The molecule has 0 spiro atoms. The second-order valence-electron chi connectivity index (χ2n) is 5.82. The average molecular weight is 399 g/mol. The van der Waals surface area contributed by atoms with E-state index in [1.165, 1.54) is 16.3 Å². The topological polar surface area (TPSA) is 77.0 Å². The fourth-order valence-corrected chi connectivity index (χ4v) is 4.92. The Kier molecular flexibility index (Phi) is 5.00. The van der Waals surface area contributed by atoms with Crippen LogP contribution in [0, 0.1) is 0 Å². The molecule has 0 aliphatic carbocycles. The molecule has 2 aromatic heterocycles. The van der Waals surface area contributed by atoms with Gasteiger partial charge in [0.2, 0.25) is 0 Å². The minimum atomic E-state index is -0.384. The molecule has 0 saturated heterocycles. The van der Waals surface area contributed by atoms with E-state index < -0.39 is 0 Å². The van der Waals surface area contributed by atoms with Crippen LogP contribution in [0.2, 0.25) is 0 Å². The molecule has 6 nitrogen and oxygen atoms in total. The molecule has 4 aromatic rings. The second kappa shape index (κ2) is 7.58. The monoisotopic (exact) mass is 399 g/mol. The first-order valence-electron chi connectivity index (χ1n) is 8.54. The standard InChI is InChI=1S/C19H17N3O3S2/c1-2-25-12-7-8-15-16(11-12)27-19(21-15)26-10-9-22-17(23)13-5-3-4-6-14(13)20-18(22)24/h3-8,11H,2,9-10H2,1H3,(H,20,24). The van der Waals surface area contributed by atoms with E-state index in [1.54, 1.807) is 35.6 Å². The Morgan fingerprint density at radius 3 is 2.93 bits per heavy atom. The van der Waals surface area contributed by atoms with Crippen molar-refractivity contribution in [2.24, 2.45) is 0 Å². The Balaban J connectivity index is 1.51. The summed E-state index contributed by atoms with van der Waals surface area (Å²) in [6.07, 6.45) is 0. The third kappa shape index (κ3) is 3.63. The predicted octanol–water partition coefficient (Wildman–Crippen LogP) is 3.49. The van der Waals surface area contributed by atoms with Crippen molar-refractivity contribution in [2.45, 2.75) is 17.8 Å². The van der Waals surface area contributed by atoms with Gasteiger partial charge in [-0.15, -0.1) is 11.3 Å². The molecule has 1 N–H and O–H groups in total. The molecule has 8 heteroatoms. The molecule has 0 bridgehead atoms. The summed E-state index contributed by atoms with van der Waals surface area (Å²) in [5.41, 5.74) is 0.838. The number of ether oxygens (including phenoxy) is 1. The highest BCUT2D eigenvalue weighted by Crippen LogP contribution is 2.31. The van der Waals surface area contributed by atoms with Crippen LogP contribution < -0.4 is 16.0 Å². The number of thiazole rings is 1. The normalized spacial score (nSPS) is 11.3. The van der Waals surface area contributed by atoms with Crippen LogP contribution in [-0.2, 0) is 6.54 Å². The molecule has 0 radical (unpaired) electrons. The smallest absolute Gasteiger partial charge is 0.328 e. The average Bonchev–Trinajstić information content (AvgIpc) is 3.07. The highest BCUT2D eigenvalue weighted by Gasteiger charge is 2.09. The van der Waals surface area contributed by atoms with Gasteiger partial charge < -0.3 is 9.72 Å². The Hall–Kier alpha value is -2.58. The minimum Gasteiger partial charge on any atom is -0.494 e. The van der Waals surface area contributed by atoms with Crippen LogP contribution in [0.15, 0.2) is 56.4 Å². The van der Waals surface area contributed by atoms with Crippen LogP contribution in [0.3, 0.4) is 0 Å². The highest BCUT2D eigenvalue weighted by atomic mass is 32.2. The number of fused-ring (bicyclic) bond motifs is 2. The predicted molar refractivity (Wildman–Crippen MR) is 110 cm³/mol. The number of nitrogens with zero attached hydrogens (tertiary/aromatic N) is 2. The molecule has 138 valence electrons. The summed E-state index contributed by atoms with van der Waals surface area (Å²) in [4.78, 5) is 32.1. The molecule has 0 aliphatic rings. The fourth-order valence-electron chi connectivity index (χ4n) is 2.83. The van der Waals surface area contributed by atoms with Crippen LogP contribution in [0.25, 0.3) is 21.1 Å². The summed E-state index contributed by atoms with van der Waals surface area (Å²) in [6, 6.07) is 12.9. The third-order valence-corrected chi connectivity index (χ3v) is 6.22. The van der Waals surface area contributed by atoms with E-state index in [4.69, 9.17) is 4.74 Å². The minimum absolute atomic E-state index is 0.263. The number of aromatic nitrogens is 3. The number of hydrogen-bond donors (Lipinski definition) is 1. The molecule has 27 heavy (non-hydrogen) atoms. The van der Waals surface area contributed by atoms with Crippen molar-refractivity contribution < 1.29 is 4.74 Å². The summed E-state index contributed by atoms with van der Waals surface area (Å²) >= 11 is 3.12. The molecule has 0 aliphatic heterocycles. The lowest BCUT2D eigenvalue weighted by molar-refractivity contribution is 0.341. The van der Waals surface area contributed by atoms with Crippen LogP contribution in [0.1, 0.15) is 6.92 Å². The molecule has 0 fully saturated rings. The maximum absolute atomic E-state index is 12.5. The number of aromatic amines is 1. The van der Waals surface area contributed by atoms with E-state index in [9.17, 15) is 9.59 Å². The zero-order valence-electron chi connectivity index (χ0n) is 14.6. The molecular weight excluding hydrogens is 382 g/mol. The maximum Gasteiger partial charge on any atom is 0.328 e. The summed E-state index contributed by atoms with van der Waals surface area (Å²) < 4.78 is 8.73. The Morgan fingerprint density at radius 1 is 1.22 bits per heavy atom. The molecule has 0 atom stereocenters. The van der Waals surface area contributed by atoms with Crippen molar-refractivity contribution in [2.75, 3.05) is 12.4 Å². The number of para-hydroxylation sites is 1. The van der Waals surface area contributed by atoms with Crippen LogP contribution in [-0.4, -0.2) is 26.9 Å². The number of H-pyrrole nitrogens is 1. The van der Waals surface area contributed by atoms with Gasteiger partial charge in [-0.3, -0.25) is 9.36 Å². The first-order valence-corrected chi connectivity index (χ1v) is 10.3. The lowest BCUT2D eigenvalue weighted by Crippen LogP contribution is -2.35. The van der Waals surface area contributed by atoms with Gasteiger partial charge in [-0.05, 0) is 37.3 Å². The highest BCUT2D eigenvalue weighted by molar-refractivity contribution is 8.01. The SMILES string of the molecule is CCOc1ccc2nc(SCCn3c(=O)[nH]c4ccccc4c3=O)sc2c1. The second-order valence-corrected chi connectivity index (χ2v) is 8.20. The summed E-state index contributed by atoms with van der Waals surface area (Å²) in [6.45, 7) is 2.90. The van der Waals surface area contributed by atoms with Gasteiger partial charge in [-0.1, -0.05) is 23.9 Å². The van der Waals surface area contributed by atoms with Crippen molar-refractivity contribution in [1.29, 1.82) is 0 Å². The summed E-state index contributed by atoms with van der Waals surface area (Å²) in [5, 5.41) is 0.519. The van der Waals surface area contributed by atoms with Crippen molar-refractivity contribution in [3.05, 3.63) is 63.3 Å². The van der Waals surface area contributed by atoms with Gasteiger partial charge in [0.15, 0.2) is 4.34 Å². The van der Waals surface area contributed by atoms with Gasteiger partial charge in [0, 0.05) is 12.3 Å². The quantitative estimate of drug-likeness (QED) is 0.502. The molecular formula is C19H17N3O3S2. The van der Waals surface area contributed by atoms with E-state index in [2.05, 4.69) is 9.97 Å². The van der Waals surface area contributed by atoms with Crippen molar-refractivity contribution >= 4 is 44.2 Å². The van der Waals surface area contributed by atoms with E-state index >= 15 is 0 Å². The largest absolute Gasteiger partial charge is 0.494 e. The summed E-state index contributed by atoms with van der Waals surface area (Å²) in [5.74, 6) is 1.42. The lowest BCUT2D eigenvalue weighted by atomic mass is 10.2. The third-order valence-electron chi connectivity index (χ3n) is 4.08. The first kappa shape index (κ1) is 17.8. The number of nitrogens with one attached hydrogen (secondary N) is 1. The van der Waals surface area contributed by atoms with Crippen LogP contribution >= 0.6 is 23.1 Å². The molecule has 4 rings (SSSR count). The van der Waals surface area contributed by atoms with Crippen LogP contribution in [0.5, 0.6) is 5.75 Å². The molecule has 0 amide bonds. The fraction of sp³-hybridized carbons (Fsp3) is 0.211. The number of hydrogen-bond acceptors (Lipinski definition) is 6. The van der Waals surface area contributed by atoms with Gasteiger partial charge >= 0.3 is 5.69 Å². The van der Waals surface area contributed by atoms with E-state index in [0.717, 1.165) is 20.3 Å². The summed E-state index contributed by atoms with van der Waals surface area (Å²) in [7, 11) is 0. The van der Waals surface area contributed by atoms with Gasteiger partial charge in [0.25, 0.3) is 5.56 Å². The van der Waals surface area contributed by atoms with Crippen LogP contribution in [0.4, 0.5) is 0 Å². The Morgan fingerprint density at radius 2 is 2.07 bits per heavy atom. The van der Waals surface area contributed by atoms with E-state index in [-0.39, 0.29) is 11.2 Å². The molecule has 2 heterocycles. The number of benzene rings is 2. The van der Waals surface area contributed by atoms with Gasteiger partial charge in [0.1, 0.15) is 5.75 Å². The van der Waals surface area contributed by atoms with E-state index in [1.807, 2.05) is 25.1 Å². The number of rotatable bonds is 6. The van der Waals surface area contributed by atoms with Gasteiger partial charge in [-0.25, -0.2) is 9.78 Å². The van der Waals surface area contributed by atoms with Gasteiger partial charge in [-0.2, -0.15) is 0 Å². The van der Waals surface area contributed by atoms with Crippen molar-refractivity contribution in [3.63, 3.8) is 0 Å². The van der Waals surface area contributed by atoms with Crippen molar-refractivity contribution in [3.8, 4) is 5.75 Å². The zero-order chi connectivity index (χ0) is 18.8. The van der Waals surface area contributed by atoms with Crippen molar-refractivity contribution in [1.82, 2.24) is 14.5 Å². The Bertz CT molecular complexity index is 1230. The van der Waals surface area contributed by atoms with Gasteiger partial charge in [0.05, 0.1) is 27.7 Å². The number of thioether (sulfide) groups is 1. The Labute approximate surface area is 162 Å². The molecule has 2 aromatic carbocycles. The maximum atomic E-state index is 12.5.